The van der Waals surface area contributed by atoms with Gasteiger partial charge in [0.15, 0.2) is 5.76 Å². The predicted molar refractivity (Wildman–Crippen MR) is 91.5 cm³/mol. The molecule has 1 amide bonds. The van der Waals surface area contributed by atoms with Crippen molar-refractivity contribution in [2.75, 3.05) is 20.2 Å². The first-order valence-corrected chi connectivity index (χ1v) is 7.87. The standard InChI is InChI=1S/C18H16ClNO4/c1-23-17-11-24-16(10-15(17)21)18(22)20-7-5-12(6-8-20)13-3-2-4-14(19)9-13/h2-5,9-11H,6-8H2,1H3. The van der Waals surface area contributed by atoms with Gasteiger partial charge in [-0.2, -0.15) is 0 Å². The molecule has 0 atom stereocenters. The molecular weight excluding hydrogens is 330 g/mol. The summed E-state index contributed by atoms with van der Waals surface area (Å²) in [7, 11) is 1.38. The molecule has 0 fully saturated rings. The van der Waals surface area contributed by atoms with Gasteiger partial charge in [0.2, 0.25) is 11.2 Å². The molecule has 0 saturated heterocycles. The van der Waals surface area contributed by atoms with Crippen LogP contribution in [-0.2, 0) is 0 Å². The van der Waals surface area contributed by atoms with E-state index in [4.69, 9.17) is 20.8 Å². The van der Waals surface area contributed by atoms with Crippen molar-refractivity contribution in [3.63, 3.8) is 0 Å². The quantitative estimate of drug-likeness (QED) is 0.857. The third kappa shape index (κ3) is 3.36. The monoisotopic (exact) mass is 345 g/mol. The number of hydrogen-bond acceptors (Lipinski definition) is 4. The van der Waals surface area contributed by atoms with Gasteiger partial charge in [0.25, 0.3) is 5.91 Å². The van der Waals surface area contributed by atoms with E-state index in [1.807, 2.05) is 30.3 Å². The van der Waals surface area contributed by atoms with Crippen molar-refractivity contribution < 1.29 is 13.9 Å². The molecule has 0 spiro atoms. The molecule has 0 N–H and O–H groups in total. The van der Waals surface area contributed by atoms with E-state index in [0.29, 0.717) is 24.5 Å². The Morgan fingerprint density at radius 3 is 2.79 bits per heavy atom. The molecule has 6 heteroatoms. The summed E-state index contributed by atoms with van der Waals surface area (Å²) in [4.78, 5) is 25.8. The Morgan fingerprint density at radius 2 is 2.17 bits per heavy atom. The molecule has 3 rings (SSSR count). The van der Waals surface area contributed by atoms with Crippen molar-refractivity contribution in [1.82, 2.24) is 4.90 Å². The zero-order chi connectivity index (χ0) is 17.1. The molecule has 124 valence electrons. The highest BCUT2D eigenvalue weighted by Gasteiger charge is 2.22. The summed E-state index contributed by atoms with van der Waals surface area (Å²) in [6.45, 7) is 1.00. The summed E-state index contributed by atoms with van der Waals surface area (Å²) in [5, 5.41) is 0.687. The average Bonchev–Trinajstić information content (AvgIpc) is 2.61. The number of carbonyl (C=O) groups excluding carboxylic acids is 1. The first-order chi connectivity index (χ1) is 11.6. The van der Waals surface area contributed by atoms with Crippen LogP contribution in [0.1, 0.15) is 22.5 Å². The molecule has 0 bridgehead atoms. The second-order valence-electron chi connectivity index (χ2n) is 5.42. The Hall–Kier alpha value is -2.53. The fourth-order valence-corrected chi connectivity index (χ4v) is 2.81. The Balaban J connectivity index is 1.75. The second kappa shape index (κ2) is 6.93. The van der Waals surface area contributed by atoms with Crippen LogP contribution in [0.4, 0.5) is 0 Å². The Kier molecular flexibility index (Phi) is 4.71. The van der Waals surface area contributed by atoms with Gasteiger partial charge in [0, 0.05) is 24.2 Å². The van der Waals surface area contributed by atoms with E-state index in [-0.39, 0.29) is 22.8 Å². The maximum absolute atomic E-state index is 12.5. The predicted octanol–water partition coefficient (Wildman–Crippen LogP) is 3.23. The van der Waals surface area contributed by atoms with E-state index in [0.717, 1.165) is 23.5 Å². The largest absolute Gasteiger partial charge is 0.490 e. The van der Waals surface area contributed by atoms with Crippen LogP contribution in [0.15, 0.2) is 51.9 Å². The second-order valence-corrected chi connectivity index (χ2v) is 5.85. The Morgan fingerprint density at radius 1 is 1.33 bits per heavy atom. The minimum absolute atomic E-state index is 0.0143. The van der Waals surface area contributed by atoms with E-state index in [9.17, 15) is 9.59 Å². The third-order valence-corrected chi connectivity index (χ3v) is 4.16. The third-order valence-electron chi connectivity index (χ3n) is 3.92. The molecule has 1 aliphatic rings. The van der Waals surface area contributed by atoms with Crippen LogP contribution >= 0.6 is 11.6 Å². The molecule has 1 aromatic carbocycles. The zero-order valence-corrected chi connectivity index (χ0v) is 13.9. The minimum atomic E-state index is -0.376. The van der Waals surface area contributed by atoms with Gasteiger partial charge in [-0.3, -0.25) is 9.59 Å². The summed E-state index contributed by atoms with van der Waals surface area (Å²) in [6, 6.07) is 8.81. The van der Waals surface area contributed by atoms with Gasteiger partial charge in [-0.1, -0.05) is 29.8 Å². The van der Waals surface area contributed by atoms with E-state index in [1.165, 1.54) is 7.11 Å². The lowest BCUT2D eigenvalue weighted by Crippen LogP contribution is -2.35. The van der Waals surface area contributed by atoms with Crippen LogP contribution in [0.25, 0.3) is 5.57 Å². The van der Waals surface area contributed by atoms with Gasteiger partial charge in [0.05, 0.1) is 7.11 Å². The smallest absolute Gasteiger partial charge is 0.289 e. The molecule has 0 saturated carbocycles. The number of methoxy groups -OCH3 is 1. The number of halogens is 1. The first kappa shape index (κ1) is 16.3. The number of rotatable bonds is 3. The molecular formula is C18H16ClNO4. The van der Waals surface area contributed by atoms with Crippen LogP contribution < -0.4 is 10.2 Å². The van der Waals surface area contributed by atoms with Crippen molar-refractivity contribution in [3.05, 3.63) is 69.2 Å². The average molecular weight is 346 g/mol. The van der Waals surface area contributed by atoms with E-state index >= 15 is 0 Å². The van der Waals surface area contributed by atoms with Crippen molar-refractivity contribution in [3.8, 4) is 5.75 Å². The van der Waals surface area contributed by atoms with Gasteiger partial charge in [0.1, 0.15) is 6.26 Å². The SMILES string of the molecule is COc1coc(C(=O)N2CC=C(c3cccc(Cl)c3)CC2)cc1=O. The van der Waals surface area contributed by atoms with Crippen molar-refractivity contribution >= 4 is 23.1 Å². The molecule has 0 unspecified atom stereocenters. The lowest BCUT2D eigenvalue weighted by molar-refractivity contribution is 0.0737. The van der Waals surface area contributed by atoms with E-state index in [1.54, 1.807) is 4.90 Å². The highest BCUT2D eigenvalue weighted by molar-refractivity contribution is 6.30. The number of carbonyl (C=O) groups is 1. The lowest BCUT2D eigenvalue weighted by atomic mass is 9.99. The molecule has 0 radical (unpaired) electrons. The molecule has 1 aliphatic heterocycles. The van der Waals surface area contributed by atoms with Crippen LogP contribution in [0.2, 0.25) is 5.02 Å². The number of ether oxygens (including phenoxy) is 1. The number of hydrogen-bond donors (Lipinski definition) is 0. The summed E-state index contributed by atoms with van der Waals surface area (Å²) < 4.78 is 10.1. The summed E-state index contributed by atoms with van der Waals surface area (Å²) >= 11 is 6.02. The molecule has 2 aromatic rings. The summed E-state index contributed by atoms with van der Waals surface area (Å²) in [5.41, 5.74) is 1.84. The summed E-state index contributed by atoms with van der Waals surface area (Å²) in [6.07, 6.45) is 3.87. The van der Waals surface area contributed by atoms with Crippen molar-refractivity contribution in [2.24, 2.45) is 0 Å². The molecule has 0 aliphatic carbocycles. The fourth-order valence-electron chi connectivity index (χ4n) is 2.62. The summed E-state index contributed by atoms with van der Waals surface area (Å²) in [5.74, 6) is -0.218. The fraction of sp³-hybridized carbons (Fsp3) is 0.222. The number of nitrogens with zero attached hydrogens (tertiary/aromatic N) is 1. The number of benzene rings is 1. The maximum Gasteiger partial charge on any atom is 0.289 e. The first-order valence-electron chi connectivity index (χ1n) is 7.49. The topological polar surface area (TPSA) is 59.8 Å². The van der Waals surface area contributed by atoms with Gasteiger partial charge in [-0.05, 0) is 29.7 Å². The van der Waals surface area contributed by atoms with Crippen LogP contribution in [0, 0.1) is 0 Å². The van der Waals surface area contributed by atoms with Gasteiger partial charge >= 0.3 is 0 Å². The highest BCUT2D eigenvalue weighted by Crippen LogP contribution is 2.25. The van der Waals surface area contributed by atoms with Gasteiger partial charge < -0.3 is 14.1 Å². The van der Waals surface area contributed by atoms with Crippen molar-refractivity contribution in [2.45, 2.75) is 6.42 Å². The number of amides is 1. The van der Waals surface area contributed by atoms with Gasteiger partial charge in [-0.15, -0.1) is 0 Å². The van der Waals surface area contributed by atoms with E-state index in [2.05, 4.69) is 0 Å². The van der Waals surface area contributed by atoms with Crippen LogP contribution in [0.3, 0.4) is 0 Å². The minimum Gasteiger partial charge on any atom is -0.490 e. The highest BCUT2D eigenvalue weighted by atomic mass is 35.5. The molecule has 2 heterocycles. The van der Waals surface area contributed by atoms with Crippen molar-refractivity contribution in [1.29, 1.82) is 0 Å². The maximum atomic E-state index is 12.5. The molecule has 24 heavy (non-hydrogen) atoms. The lowest BCUT2D eigenvalue weighted by Gasteiger charge is -2.26. The Labute approximate surface area is 144 Å². The van der Waals surface area contributed by atoms with Crippen LogP contribution in [-0.4, -0.2) is 31.0 Å². The molecule has 1 aromatic heterocycles. The Bertz CT molecular complexity index is 856. The zero-order valence-electron chi connectivity index (χ0n) is 13.1. The van der Waals surface area contributed by atoms with Crippen LogP contribution in [0.5, 0.6) is 5.75 Å². The van der Waals surface area contributed by atoms with Gasteiger partial charge in [-0.25, -0.2) is 0 Å². The normalized spacial score (nSPS) is 14.2. The van der Waals surface area contributed by atoms with E-state index < -0.39 is 0 Å². The molecule has 5 nitrogen and oxygen atoms in total.